The van der Waals surface area contributed by atoms with Crippen LogP contribution in [0.4, 0.5) is 4.39 Å². The molecule has 0 amide bonds. The highest BCUT2D eigenvalue weighted by molar-refractivity contribution is 6.31. The van der Waals surface area contributed by atoms with Gasteiger partial charge in [-0.3, -0.25) is 4.79 Å². The summed E-state index contributed by atoms with van der Waals surface area (Å²) in [7, 11) is 1.22. The van der Waals surface area contributed by atoms with Gasteiger partial charge in [-0.2, -0.15) is 0 Å². The Kier molecular flexibility index (Phi) is 4.05. The second-order valence-corrected chi connectivity index (χ2v) is 3.37. The highest BCUT2D eigenvalue weighted by Crippen LogP contribution is 2.26. The van der Waals surface area contributed by atoms with Crippen molar-refractivity contribution in [3.05, 3.63) is 34.6 Å². The molecule has 1 atom stereocenters. The second kappa shape index (κ2) is 5.09. The lowest BCUT2D eigenvalue weighted by molar-refractivity contribution is -0.142. The molecule has 0 spiro atoms. The second-order valence-electron chi connectivity index (χ2n) is 2.96. The number of esters is 1. The number of methoxy groups -OCH3 is 1. The third kappa shape index (κ3) is 3.18. The van der Waals surface area contributed by atoms with E-state index in [4.69, 9.17) is 11.6 Å². The number of carbonyl (C=O) groups excluding carboxylic acids is 1. The molecule has 0 fully saturated rings. The summed E-state index contributed by atoms with van der Waals surface area (Å²) < 4.78 is 17.1. The average Bonchev–Trinajstić information content (AvgIpc) is 2.17. The zero-order chi connectivity index (χ0) is 11.4. The van der Waals surface area contributed by atoms with E-state index in [0.29, 0.717) is 5.56 Å². The number of ether oxygens (including phenoxy) is 1. The standard InChI is InChI=1S/C10H10ClFO3/c1-15-10(14)5-9(13)7-3-2-6(12)4-8(7)11/h2-4,9,13H,5H2,1H3/t9-/m1/s1. The summed E-state index contributed by atoms with van der Waals surface area (Å²) in [6.07, 6.45) is -1.28. The molecule has 0 aliphatic rings. The van der Waals surface area contributed by atoms with Gasteiger partial charge in [-0.25, -0.2) is 4.39 Å². The van der Waals surface area contributed by atoms with E-state index in [-0.39, 0.29) is 11.4 Å². The molecule has 0 heterocycles. The molecule has 1 aromatic rings. The van der Waals surface area contributed by atoms with E-state index in [1.54, 1.807) is 0 Å². The van der Waals surface area contributed by atoms with Gasteiger partial charge in [0.2, 0.25) is 0 Å². The maximum absolute atomic E-state index is 12.7. The largest absolute Gasteiger partial charge is 0.469 e. The molecule has 0 radical (unpaired) electrons. The van der Waals surface area contributed by atoms with Crippen molar-refractivity contribution < 1.29 is 19.0 Å². The van der Waals surface area contributed by atoms with Gasteiger partial charge < -0.3 is 9.84 Å². The summed E-state index contributed by atoms with van der Waals surface area (Å²) in [5.74, 6) is -1.04. The number of carbonyl (C=O) groups is 1. The Morgan fingerprint density at radius 2 is 2.33 bits per heavy atom. The van der Waals surface area contributed by atoms with Crippen LogP contribution in [0.5, 0.6) is 0 Å². The number of aliphatic hydroxyl groups is 1. The molecule has 5 heteroatoms. The Labute approximate surface area is 91.4 Å². The maximum atomic E-state index is 12.7. The molecular formula is C10H10ClFO3. The zero-order valence-corrected chi connectivity index (χ0v) is 8.79. The fourth-order valence-corrected chi connectivity index (χ4v) is 1.42. The molecule has 0 saturated carbocycles. The van der Waals surface area contributed by atoms with Gasteiger partial charge in [0.05, 0.1) is 19.6 Å². The SMILES string of the molecule is COC(=O)C[C@@H](O)c1ccc(F)cc1Cl. The summed E-state index contributed by atoms with van der Waals surface area (Å²) in [5, 5.41) is 9.68. The molecule has 0 saturated heterocycles. The topological polar surface area (TPSA) is 46.5 Å². The van der Waals surface area contributed by atoms with E-state index in [2.05, 4.69) is 4.74 Å². The summed E-state index contributed by atoms with van der Waals surface area (Å²) in [6, 6.07) is 3.59. The lowest BCUT2D eigenvalue weighted by Crippen LogP contribution is -2.08. The minimum Gasteiger partial charge on any atom is -0.469 e. The average molecular weight is 233 g/mol. The van der Waals surface area contributed by atoms with Crippen LogP contribution in [0.1, 0.15) is 18.1 Å². The van der Waals surface area contributed by atoms with E-state index in [1.165, 1.54) is 19.2 Å². The van der Waals surface area contributed by atoms with Gasteiger partial charge in [-0.15, -0.1) is 0 Å². The summed E-state index contributed by atoms with van der Waals surface area (Å²) >= 11 is 5.70. The highest BCUT2D eigenvalue weighted by Gasteiger charge is 2.16. The van der Waals surface area contributed by atoms with Crippen molar-refractivity contribution in [2.24, 2.45) is 0 Å². The first-order chi connectivity index (χ1) is 7.04. The smallest absolute Gasteiger partial charge is 0.308 e. The van der Waals surface area contributed by atoms with Crippen molar-refractivity contribution in [2.75, 3.05) is 7.11 Å². The van der Waals surface area contributed by atoms with Gasteiger partial charge >= 0.3 is 5.97 Å². The van der Waals surface area contributed by atoms with Crippen LogP contribution in [0.3, 0.4) is 0 Å². The molecule has 0 aromatic heterocycles. The molecule has 1 N–H and O–H groups in total. The van der Waals surface area contributed by atoms with Crippen LogP contribution < -0.4 is 0 Å². The van der Waals surface area contributed by atoms with E-state index < -0.39 is 17.9 Å². The Morgan fingerprint density at radius 3 is 2.87 bits per heavy atom. The molecule has 1 aromatic carbocycles. The first-order valence-corrected chi connectivity index (χ1v) is 4.62. The zero-order valence-electron chi connectivity index (χ0n) is 8.04. The van der Waals surface area contributed by atoms with E-state index in [1.807, 2.05) is 0 Å². The predicted octanol–water partition coefficient (Wildman–Crippen LogP) is 2.08. The quantitative estimate of drug-likeness (QED) is 0.812. The normalized spacial score (nSPS) is 12.3. The molecule has 0 bridgehead atoms. The molecule has 1 rings (SSSR count). The first kappa shape index (κ1) is 11.9. The number of halogens is 2. The number of rotatable bonds is 3. The number of hydrogen-bond acceptors (Lipinski definition) is 3. The van der Waals surface area contributed by atoms with Crippen molar-refractivity contribution in [1.82, 2.24) is 0 Å². The Bertz CT molecular complexity index is 368. The molecule has 0 aliphatic carbocycles. The number of benzene rings is 1. The molecule has 3 nitrogen and oxygen atoms in total. The van der Waals surface area contributed by atoms with Crippen LogP contribution in [0.2, 0.25) is 5.02 Å². The van der Waals surface area contributed by atoms with Crippen molar-refractivity contribution in [1.29, 1.82) is 0 Å². The van der Waals surface area contributed by atoms with Crippen LogP contribution in [0.25, 0.3) is 0 Å². The molecular weight excluding hydrogens is 223 g/mol. The van der Waals surface area contributed by atoms with E-state index >= 15 is 0 Å². The Morgan fingerprint density at radius 1 is 1.67 bits per heavy atom. The number of aliphatic hydroxyl groups excluding tert-OH is 1. The van der Waals surface area contributed by atoms with Crippen molar-refractivity contribution in [3.8, 4) is 0 Å². The van der Waals surface area contributed by atoms with Gasteiger partial charge in [0.15, 0.2) is 0 Å². The lowest BCUT2D eigenvalue weighted by Gasteiger charge is -2.11. The minimum atomic E-state index is -1.08. The van der Waals surface area contributed by atoms with Gasteiger partial charge in [0, 0.05) is 5.02 Å². The van der Waals surface area contributed by atoms with E-state index in [9.17, 15) is 14.3 Å². The highest BCUT2D eigenvalue weighted by atomic mass is 35.5. The Balaban J connectivity index is 2.82. The lowest BCUT2D eigenvalue weighted by atomic mass is 10.1. The molecule has 0 unspecified atom stereocenters. The number of hydrogen-bond donors (Lipinski definition) is 1. The summed E-state index contributed by atoms with van der Waals surface area (Å²) in [4.78, 5) is 10.9. The van der Waals surface area contributed by atoms with Gasteiger partial charge in [0.25, 0.3) is 0 Å². The summed E-state index contributed by atoms with van der Waals surface area (Å²) in [5.41, 5.74) is 0.309. The van der Waals surface area contributed by atoms with Crippen LogP contribution >= 0.6 is 11.6 Å². The van der Waals surface area contributed by atoms with Crippen molar-refractivity contribution in [2.45, 2.75) is 12.5 Å². The monoisotopic (exact) mass is 232 g/mol. The predicted molar refractivity (Wildman–Crippen MR) is 53.0 cm³/mol. The fraction of sp³-hybridized carbons (Fsp3) is 0.300. The fourth-order valence-electron chi connectivity index (χ4n) is 1.12. The third-order valence-corrected chi connectivity index (χ3v) is 2.24. The Hall–Kier alpha value is -1.13. The van der Waals surface area contributed by atoms with Crippen LogP contribution in [0.15, 0.2) is 18.2 Å². The third-order valence-electron chi connectivity index (χ3n) is 1.91. The van der Waals surface area contributed by atoms with E-state index in [0.717, 1.165) is 6.07 Å². The molecule has 0 aliphatic heterocycles. The van der Waals surface area contributed by atoms with Crippen molar-refractivity contribution >= 4 is 17.6 Å². The molecule has 82 valence electrons. The van der Waals surface area contributed by atoms with Crippen LogP contribution in [-0.2, 0) is 9.53 Å². The maximum Gasteiger partial charge on any atom is 0.308 e. The van der Waals surface area contributed by atoms with Crippen LogP contribution in [-0.4, -0.2) is 18.2 Å². The summed E-state index contributed by atoms with van der Waals surface area (Å²) in [6.45, 7) is 0. The van der Waals surface area contributed by atoms with Gasteiger partial charge in [-0.1, -0.05) is 17.7 Å². The molecule has 15 heavy (non-hydrogen) atoms. The van der Waals surface area contributed by atoms with Gasteiger partial charge in [0.1, 0.15) is 5.82 Å². The van der Waals surface area contributed by atoms with Crippen molar-refractivity contribution in [3.63, 3.8) is 0 Å². The first-order valence-electron chi connectivity index (χ1n) is 4.24. The minimum absolute atomic E-state index is 0.0893. The van der Waals surface area contributed by atoms with Gasteiger partial charge in [-0.05, 0) is 17.7 Å². The van der Waals surface area contributed by atoms with Crippen LogP contribution in [0, 0.1) is 5.82 Å².